The number of aliphatic hydroxyl groups is 1. The molecule has 1 N–H and O–H groups in total. The van der Waals surface area contributed by atoms with Crippen LogP contribution in [0.15, 0.2) is 42.5 Å². The van der Waals surface area contributed by atoms with Gasteiger partial charge in [0.25, 0.3) is 0 Å². The lowest BCUT2D eigenvalue weighted by molar-refractivity contribution is -0.138. The molecule has 1 unspecified atom stereocenters. The van der Waals surface area contributed by atoms with E-state index in [2.05, 4.69) is 4.90 Å². The molecule has 0 radical (unpaired) electrons. The third-order valence-electron chi connectivity index (χ3n) is 7.11. The fourth-order valence-corrected chi connectivity index (χ4v) is 5.15. The van der Waals surface area contributed by atoms with E-state index in [0.717, 1.165) is 49.1 Å². The maximum absolute atomic E-state index is 13.6. The van der Waals surface area contributed by atoms with E-state index in [1.54, 1.807) is 0 Å². The second-order valence-electron chi connectivity index (χ2n) is 10.5. The Morgan fingerprint density at radius 3 is 2.31 bits per heavy atom. The molecule has 2 aromatic carbocycles. The summed E-state index contributed by atoms with van der Waals surface area (Å²) in [6.07, 6.45) is 3.83. The van der Waals surface area contributed by atoms with Crippen LogP contribution < -0.4 is 9.47 Å². The van der Waals surface area contributed by atoms with Crippen LogP contribution in [0.5, 0.6) is 11.5 Å². The first-order chi connectivity index (χ1) is 18.8. The minimum atomic E-state index is -1.47. The van der Waals surface area contributed by atoms with Gasteiger partial charge in [-0.05, 0) is 43.6 Å². The van der Waals surface area contributed by atoms with Gasteiger partial charge in [0.05, 0.1) is 6.54 Å². The number of carbonyl (C=O) groups excluding carboxylic acids is 1. The molecule has 0 spiro atoms. The van der Waals surface area contributed by atoms with E-state index in [1.165, 1.54) is 31.3 Å². The van der Waals surface area contributed by atoms with E-state index in [-0.39, 0.29) is 38.0 Å². The lowest BCUT2D eigenvalue weighted by atomic mass is 10.0. The van der Waals surface area contributed by atoms with Crippen LogP contribution in [0.2, 0.25) is 0 Å². The Labute approximate surface area is 229 Å². The summed E-state index contributed by atoms with van der Waals surface area (Å²) in [6, 6.07) is 10.8. The van der Waals surface area contributed by atoms with Gasteiger partial charge in [-0.3, -0.25) is 14.6 Å². The van der Waals surface area contributed by atoms with E-state index in [9.17, 15) is 18.7 Å². The number of hydrogen-bond donors (Lipinski definition) is 1. The summed E-state index contributed by atoms with van der Waals surface area (Å²) in [7, 11) is 1.44. The van der Waals surface area contributed by atoms with Crippen molar-refractivity contribution in [1.82, 2.24) is 14.7 Å². The minimum Gasteiger partial charge on any atom is -0.492 e. The monoisotopic (exact) mass is 547 g/mol. The number of amides is 1. The largest absolute Gasteiger partial charge is 0.492 e. The molecule has 2 saturated heterocycles. The molecule has 1 amide bonds. The lowest BCUT2D eigenvalue weighted by Crippen LogP contribution is -2.52. The predicted octanol–water partition coefficient (Wildman–Crippen LogP) is 2.93. The fourth-order valence-electron chi connectivity index (χ4n) is 5.15. The number of benzene rings is 2. The quantitative estimate of drug-likeness (QED) is 0.464. The highest BCUT2D eigenvalue weighted by atomic mass is 19.1. The molecule has 2 fully saturated rings. The highest BCUT2D eigenvalue weighted by Crippen LogP contribution is 2.22. The molecule has 8 nitrogen and oxygen atoms in total. The van der Waals surface area contributed by atoms with Crippen LogP contribution in [0.25, 0.3) is 0 Å². The Kier molecular flexibility index (Phi) is 10.5. The number of nitrogens with zero attached hydrogens (tertiary/aromatic N) is 3. The Balaban J connectivity index is 1.37. The lowest BCUT2D eigenvalue weighted by Gasteiger charge is -2.33. The zero-order valence-corrected chi connectivity index (χ0v) is 22.6. The molecule has 10 heteroatoms. The smallest absolute Gasteiger partial charge is 0.248 e. The highest BCUT2D eigenvalue weighted by molar-refractivity contribution is 5.77. The van der Waals surface area contributed by atoms with Crippen LogP contribution in [0.3, 0.4) is 0 Å². The van der Waals surface area contributed by atoms with Crippen molar-refractivity contribution in [2.75, 3.05) is 72.7 Å². The molecule has 2 heterocycles. The van der Waals surface area contributed by atoms with Gasteiger partial charge < -0.3 is 24.2 Å². The molecule has 39 heavy (non-hydrogen) atoms. The van der Waals surface area contributed by atoms with Crippen LogP contribution in [-0.4, -0.2) is 104 Å². The second-order valence-corrected chi connectivity index (χ2v) is 10.5. The van der Waals surface area contributed by atoms with E-state index in [0.29, 0.717) is 26.2 Å². The van der Waals surface area contributed by atoms with Crippen molar-refractivity contribution in [3.05, 3.63) is 59.7 Å². The number of piperidine rings is 1. The summed E-state index contributed by atoms with van der Waals surface area (Å²) in [6.45, 7) is 5.19. The summed E-state index contributed by atoms with van der Waals surface area (Å²) in [4.78, 5) is 18.6. The number of hydrogen-bond acceptors (Lipinski definition) is 7. The first-order valence-corrected chi connectivity index (χ1v) is 13.6. The molecule has 2 aromatic rings. The van der Waals surface area contributed by atoms with Crippen LogP contribution in [-0.2, 0) is 16.1 Å². The molecule has 0 aliphatic carbocycles. The Morgan fingerprint density at radius 2 is 1.62 bits per heavy atom. The van der Waals surface area contributed by atoms with Crippen molar-refractivity contribution in [2.45, 2.75) is 31.4 Å². The summed E-state index contributed by atoms with van der Waals surface area (Å²) in [5.41, 5.74) is -0.439. The average molecular weight is 548 g/mol. The molecule has 2 aliphatic rings. The topological polar surface area (TPSA) is 74.7 Å². The first-order valence-electron chi connectivity index (χ1n) is 13.6. The third kappa shape index (κ3) is 9.13. The van der Waals surface area contributed by atoms with E-state index in [4.69, 9.17) is 14.2 Å². The van der Waals surface area contributed by atoms with E-state index < -0.39 is 17.2 Å². The number of rotatable bonds is 11. The Morgan fingerprint density at radius 1 is 0.897 bits per heavy atom. The SMILES string of the molecule is COCC(=O)N1CCN(Cc2ccc(OCCN3CCCCC3)cc2)CC(O)(COc2cc(F)cc(F)c2)C1. The van der Waals surface area contributed by atoms with E-state index in [1.807, 2.05) is 29.2 Å². The van der Waals surface area contributed by atoms with Gasteiger partial charge in [-0.15, -0.1) is 0 Å². The summed E-state index contributed by atoms with van der Waals surface area (Å²) in [5, 5.41) is 11.5. The minimum absolute atomic E-state index is 0.00723. The number of carbonyl (C=O) groups is 1. The van der Waals surface area contributed by atoms with E-state index >= 15 is 0 Å². The predicted molar refractivity (Wildman–Crippen MR) is 143 cm³/mol. The molecule has 0 aromatic heterocycles. The van der Waals surface area contributed by atoms with Crippen LogP contribution in [0.1, 0.15) is 24.8 Å². The van der Waals surface area contributed by atoms with Gasteiger partial charge in [0.1, 0.15) is 48.6 Å². The standard InChI is InChI=1S/C29H39F2N3O5/c1-37-19-28(35)34-12-11-33(20-29(36,21-34)22-39-27-16-24(30)15-25(31)17-27)18-23-5-7-26(8-6-23)38-14-13-32-9-3-2-4-10-32/h5-8,15-17,36H,2-4,9-14,18-22H2,1H3. The van der Waals surface area contributed by atoms with Crippen LogP contribution in [0, 0.1) is 11.6 Å². The molecule has 4 rings (SSSR count). The second kappa shape index (κ2) is 14.0. The maximum atomic E-state index is 13.6. The molecule has 1 atom stereocenters. The fraction of sp³-hybridized carbons (Fsp3) is 0.552. The van der Waals surface area contributed by atoms with Crippen molar-refractivity contribution in [2.24, 2.45) is 0 Å². The highest BCUT2D eigenvalue weighted by Gasteiger charge is 2.37. The Hall–Kier alpha value is -2.79. The molecule has 2 aliphatic heterocycles. The van der Waals surface area contributed by atoms with Crippen molar-refractivity contribution in [1.29, 1.82) is 0 Å². The molecule has 214 valence electrons. The first kappa shape index (κ1) is 29.2. The normalized spacial score (nSPS) is 21.0. The summed E-state index contributed by atoms with van der Waals surface area (Å²) in [5.74, 6) is -0.996. The molecular weight excluding hydrogens is 508 g/mol. The van der Waals surface area contributed by atoms with Gasteiger partial charge in [-0.2, -0.15) is 0 Å². The van der Waals surface area contributed by atoms with Crippen LogP contribution >= 0.6 is 0 Å². The number of halogens is 2. The Bertz CT molecular complexity index is 1050. The van der Waals surface area contributed by atoms with Crippen molar-refractivity contribution < 1.29 is 32.9 Å². The molecular formula is C29H39F2N3O5. The van der Waals surface area contributed by atoms with Gasteiger partial charge in [0.2, 0.25) is 5.91 Å². The van der Waals surface area contributed by atoms with Crippen LogP contribution in [0.4, 0.5) is 8.78 Å². The number of likely N-dealkylation sites (tertiary alicyclic amines) is 1. The molecule has 0 saturated carbocycles. The average Bonchev–Trinajstić information content (AvgIpc) is 3.08. The summed E-state index contributed by atoms with van der Waals surface area (Å²) < 4.78 is 43.8. The number of ether oxygens (including phenoxy) is 3. The summed E-state index contributed by atoms with van der Waals surface area (Å²) >= 11 is 0. The van der Waals surface area contributed by atoms with Gasteiger partial charge in [-0.25, -0.2) is 8.78 Å². The zero-order chi connectivity index (χ0) is 27.7. The maximum Gasteiger partial charge on any atom is 0.248 e. The van der Waals surface area contributed by atoms with Gasteiger partial charge in [0.15, 0.2) is 0 Å². The van der Waals surface area contributed by atoms with Gasteiger partial charge in [0, 0.05) is 58.0 Å². The zero-order valence-electron chi connectivity index (χ0n) is 22.6. The van der Waals surface area contributed by atoms with Gasteiger partial charge >= 0.3 is 0 Å². The van der Waals surface area contributed by atoms with Crippen molar-refractivity contribution >= 4 is 5.91 Å². The van der Waals surface area contributed by atoms with Crippen molar-refractivity contribution in [3.63, 3.8) is 0 Å². The van der Waals surface area contributed by atoms with Gasteiger partial charge in [-0.1, -0.05) is 18.6 Å². The third-order valence-corrected chi connectivity index (χ3v) is 7.11. The number of methoxy groups -OCH3 is 1. The number of β-amino-alcohol motifs (C(OH)–C–C–N with tert-alkyl or cyclic N) is 1. The van der Waals surface area contributed by atoms with Crippen molar-refractivity contribution in [3.8, 4) is 11.5 Å². The molecule has 0 bridgehead atoms.